The van der Waals surface area contributed by atoms with Gasteiger partial charge in [-0.2, -0.15) is 5.10 Å². The Bertz CT molecular complexity index is 520. The summed E-state index contributed by atoms with van der Waals surface area (Å²) in [7, 11) is 0. The maximum absolute atomic E-state index is 5.77. The van der Waals surface area contributed by atoms with E-state index < -0.39 is 0 Å². The molecule has 0 aliphatic rings. The van der Waals surface area contributed by atoms with Gasteiger partial charge < -0.3 is 0 Å². The number of rotatable bonds is 6. The molecule has 0 saturated carbocycles. The van der Waals surface area contributed by atoms with Crippen molar-refractivity contribution in [3.63, 3.8) is 0 Å². The van der Waals surface area contributed by atoms with Crippen molar-refractivity contribution in [2.75, 3.05) is 0 Å². The Kier molecular flexibility index (Phi) is 4.65. The van der Waals surface area contributed by atoms with Crippen molar-refractivity contribution in [3.8, 4) is 0 Å². The number of aryl methyl sites for hydroxylation is 2. The fourth-order valence-corrected chi connectivity index (χ4v) is 2.34. The average Bonchev–Trinajstić information content (AvgIpc) is 2.89. The largest absolute Gasteiger partial charge is 0.271 e. The minimum Gasteiger partial charge on any atom is -0.271 e. The number of nitrogens with zero attached hydrogens (tertiary/aromatic N) is 3. The molecule has 0 radical (unpaired) electrons. The van der Waals surface area contributed by atoms with Gasteiger partial charge in [0.25, 0.3) is 0 Å². The second kappa shape index (κ2) is 6.45. The second-order valence-electron chi connectivity index (χ2n) is 4.51. The second-order valence-corrected chi connectivity index (χ2v) is 4.51. The van der Waals surface area contributed by atoms with E-state index in [0.29, 0.717) is 0 Å². The molecule has 0 spiro atoms. The van der Waals surface area contributed by atoms with Crippen molar-refractivity contribution in [2.45, 2.75) is 39.3 Å². The standard InChI is InChI=1S/C14H21N5/c1-3-9-19-13(6-8-17-19)14(18-15)12-5-7-16-10-11(12)4-2/h5-8,10,14,18H,3-4,9,15H2,1-2H3. The molecular formula is C14H21N5. The van der Waals surface area contributed by atoms with Gasteiger partial charge in [0.15, 0.2) is 0 Å². The summed E-state index contributed by atoms with van der Waals surface area (Å²) in [6, 6.07) is 3.99. The van der Waals surface area contributed by atoms with Crippen molar-refractivity contribution in [1.29, 1.82) is 0 Å². The molecule has 3 N–H and O–H groups in total. The molecule has 2 aromatic heterocycles. The number of nitrogens with two attached hydrogens (primary N) is 1. The first-order valence-electron chi connectivity index (χ1n) is 6.72. The van der Waals surface area contributed by atoms with Crippen molar-refractivity contribution in [3.05, 3.63) is 47.5 Å². The lowest BCUT2D eigenvalue weighted by molar-refractivity contribution is 0.519. The summed E-state index contributed by atoms with van der Waals surface area (Å²) in [5, 5.41) is 4.36. The molecule has 5 nitrogen and oxygen atoms in total. The van der Waals surface area contributed by atoms with E-state index in [9.17, 15) is 0 Å². The van der Waals surface area contributed by atoms with E-state index in [4.69, 9.17) is 5.84 Å². The molecule has 5 heteroatoms. The highest BCUT2D eigenvalue weighted by Gasteiger charge is 2.19. The number of nitrogens with one attached hydrogen (secondary N) is 1. The van der Waals surface area contributed by atoms with Gasteiger partial charge in [-0.25, -0.2) is 5.43 Å². The average molecular weight is 259 g/mol. The molecule has 19 heavy (non-hydrogen) atoms. The molecule has 0 aliphatic carbocycles. The molecule has 102 valence electrons. The number of hydrazine groups is 1. The van der Waals surface area contributed by atoms with Crippen LogP contribution in [-0.4, -0.2) is 14.8 Å². The van der Waals surface area contributed by atoms with Crippen LogP contribution in [0.2, 0.25) is 0 Å². The first-order chi connectivity index (χ1) is 9.31. The Morgan fingerprint density at radius 2 is 2.16 bits per heavy atom. The van der Waals surface area contributed by atoms with Crippen LogP contribution in [0.15, 0.2) is 30.7 Å². The Morgan fingerprint density at radius 1 is 1.32 bits per heavy atom. The predicted molar refractivity (Wildman–Crippen MR) is 75.3 cm³/mol. The third kappa shape index (κ3) is 2.83. The summed E-state index contributed by atoms with van der Waals surface area (Å²) in [5.74, 6) is 5.77. The van der Waals surface area contributed by atoms with Crippen LogP contribution in [0.4, 0.5) is 0 Å². The Morgan fingerprint density at radius 3 is 2.84 bits per heavy atom. The Hall–Kier alpha value is -1.72. The van der Waals surface area contributed by atoms with E-state index in [1.807, 2.05) is 29.2 Å². The van der Waals surface area contributed by atoms with Crippen LogP contribution in [0.25, 0.3) is 0 Å². The topological polar surface area (TPSA) is 68.8 Å². The summed E-state index contributed by atoms with van der Waals surface area (Å²) >= 11 is 0. The van der Waals surface area contributed by atoms with Crippen molar-refractivity contribution in [2.24, 2.45) is 5.84 Å². The minimum atomic E-state index is -0.0491. The van der Waals surface area contributed by atoms with Gasteiger partial charge in [0.2, 0.25) is 0 Å². The number of pyridine rings is 1. The summed E-state index contributed by atoms with van der Waals surface area (Å²) in [6.07, 6.45) is 7.51. The quantitative estimate of drug-likeness (QED) is 0.613. The van der Waals surface area contributed by atoms with E-state index in [0.717, 1.165) is 30.6 Å². The monoisotopic (exact) mass is 259 g/mol. The zero-order chi connectivity index (χ0) is 13.7. The zero-order valence-electron chi connectivity index (χ0n) is 11.5. The third-order valence-corrected chi connectivity index (χ3v) is 3.28. The van der Waals surface area contributed by atoms with Gasteiger partial charge in [0, 0.05) is 25.1 Å². The molecule has 0 amide bonds. The Balaban J connectivity index is 2.41. The summed E-state index contributed by atoms with van der Waals surface area (Å²) in [4.78, 5) is 4.18. The maximum Gasteiger partial charge on any atom is 0.0882 e. The van der Waals surface area contributed by atoms with Crippen LogP contribution in [0.3, 0.4) is 0 Å². The number of aromatic nitrogens is 3. The smallest absolute Gasteiger partial charge is 0.0882 e. The van der Waals surface area contributed by atoms with Gasteiger partial charge in [-0.15, -0.1) is 0 Å². The molecule has 1 atom stereocenters. The van der Waals surface area contributed by atoms with E-state index in [-0.39, 0.29) is 6.04 Å². The molecule has 1 unspecified atom stereocenters. The summed E-state index contributed by atoms with van der Waals surface area (Å²) in [6.45, 7) is 5.16. The molecule has 2 aromatic rings. The molecule has 0 aliphatic heterocycles. The number of hydrogen-bond acceptors (Lipinski definition) is 4. The summed E-state index contributed by atoms with van der Waals surface area (Å²) in [5.41, 5.74) is 6.36. The molecule has 2 heterocycles. The normalized spacial score (nSPS) is 12.6. The van der Waals surface area contributed by atoms with E-state index in [1.165, 1.54) is 5.56 Å². The van der Waals surface area contributed by atoms with Gasteiger partial charge >= 0.3 is 0 Å². The molecule has 0 aromatic carbocycles. The molecule has 0 bridgehead atoms. The van der Waals surface area contributed by atoms with Gasteiger partial charge in [0.05, 0.1) is 11.7 Å². The van der Waals surface area contributed by atoms with Gasteiger partial charge in [-0.1, -0.05) is 13.8 Å². The predicted octanol–water partition coefficient (Wildman–Crippen LogP) is 1.80. The van der Waals surface area contributed by atoms with Crippen LogP contribution in [0.5, 0.6) is 0 Å². The van der Waals surface area contributed by atoms with Crippen LogP contribution < -0.4 is 11.3 Å². The lowest BCUT2D eigenvalue weighted by Crippen LogP contribution is -2.31. The lowest BCUT2D eigenvalue weighted by atomic mass is 9.99. The molecule has 2 rings (SSSR count). The van der Waals surface area contributed by atoms with Gasteiger partial charge in [-0.3, -0.25) is 15.5 Å². The van der Waals surface area contributed by atoms with Crippen molar-refractivity contribution in [1.82, 2.24) is 20.2 Å². The fourth-order valence-electron chi connectivity index (χ4n) is 2.34. The van der Waals surface area contributed by atoms with E-state index in [1.54, 1.807) is 6.20 Å². The van der Waals surface area contributed by atoms with Crippen molar-refractivity contribution < 1.29 is 0 Å². The zero-order valence-corrected chi connectivity index (χ0v) is 11.5. The highest BCUT2D eigenvalue weighted by molar-refractivity contribution is 5.32. The minimum absolute atomic E-state index is 0.0491. The summed E-state index contributed by atoms with van der Waals surface area (Å²) < 4.78 is 2.00. The van der Waals surface area contributed by atoms with E-state index in [2.05, 4.69) is 29.4 Å². The van der Waals surface area contributed by atoms with Crippen LogP contribution in [-0.2, 0) is 13.0 Å². The van der Waals surface area contributed by atoms with E-state index >= 15 is 0 Å². The molecule has 0 fully saturated rings. The maximum atomic E-state index is 5.77. The van der Waals surface area contributed by atoms with Crippen LogP contribution >= 0.6 is 0 Å². The molecular weight excluding hydrogens is 238 g/mol. The highest BCUT2D eigenvalue weighted by Crippen LogP contribution is 2.24. The van der Waals surface area contributed by atoms with Crippen LogP contribution in [0.1, 0.15) is 43.1 Å². The SMILES string of the molecule is CCCn1nccc1C(NN)c1ccncc1CC. The highest BCUT2D eigenvalue weighted by atomic mass is 15.3. The van der Waals surface area contributed by atoms with Gasteiger partial charge in [-0.05, 0) is 36.1 Å². The first kappa shape index (κ1) is 13.7. The Labute approximate surface area is 113 Å². The lowest BCUT2D eigenvalue weighted by Gasteiger charge is -2.20. The first-order valence-corrected chi connectivity index (χ1v) is 6.72. The van der Waals surface area contributed by atoms with Gasteiger partial charge in [0.1, 0.15) is 0 Å². The van der Waals surface area contributed by atoms with Crippen LogP contribution in [0, 0.1) is 0 Å². The third-order valence-electron chi connectivity index (χ3n) is 3.28. The molecule has 0 saturated heterocycles. The number of hydrogen-bond donors (Lipinski definition) is 2. The fraction of sp³-hybridized carbons (Fsp3) is 0.429. The van der Waals surface area contributed by atoms with Crippen molar-refractivity contribution >= 4 is 0 Å².